The summed E-state index contributed by atoms with van der Waals surface area (Å²) in [6, 6.07) is -1.96. The molecule has 3 amide bonds. The van der Waals surface area contributed by atoms with Crippen LogP contribution >= 0.6 is 0 Å². The summed E-state index contributed by atoms with van der Waals surface area (Å²) in [5, 5.41) is 15.7. The lowest BCUT2D eigenvalue weighted by molar-refractivity contribution is -0.150. The van der Waals surface area contributed by atoms with Gasteiger partial charge in [0.1, 0.15) is 23.2 Å². The van der Waals surface area contributed by atoms with Crippen LogP contribution in [0, 0.1) is 5.92 Å². The monoisotopic (exact) mass is 495 g/mol. The normalized spacial score (nSPS) is 32.8. The van der Waals surface area contributed by atoms with Gasteiger partial charge >= 0.3 is 12.1 Å². The molecule has 11 heteroatoms. The zero-order valence-electron chi connectivity index (χ0n) is 20.9. The Bertz CT molecular complexity index is 854. The lowest BCUT2D eigenvalue weighted by Crippen LogP contribution is -2.56. The number of ether oxygens (including phenoxy) is 3. The number of hydrogen-bond acceptors (Lipinski definition) is 8. The van der Waals surface area contributed by atoms with Gasteiger partial charge in [-0.25, -0.2) is 9.59 Å². The van der Waals surface area contributed by atoms with E-state index < -0.39 is 53.2 Å². The Balaban J connectivity index is 1.84. The largest absolute Gasteiger partial charge is 0.464 e. The van der Waals surface area contributed by atoms with Gasteiger partial charge in [0, 0.05) is 25.5 Å². The molecule has 0 aromatic carbocycles. The number of rotatable bonds is 3. The maximum atomic E-state index is 13.5. The van der Waals surface area contributed by atoms with Crippen LogP contribution in [0.15, 0.2) is 12.2 Å². The molecule has 196 valence electrons. The van der Waals surface area contributed by atoms with Gasteiger partial charge in [-0.1, -0.05) is 12.2 Å². The summed E-state index contributed by atoms with van der Waals surface area (Å²) < 4.78 is 16.1. The van der Waals surface area contributed by atoms with E-state index >= 15 is 0 Å². The lowest BCUT2D eigenvalue weighted by Gasteiger charge is -2.30. The van der Waals surface area contributed by atoms with Gasteiger partial charge in [-0.3, -0.25) is 9.59 Å². The summed E-state index contributed by atoms with van der Waals surface area (Å²) in [5.74, 6) is -1.83. The predicted octanol–water partition coefficient (Wildman–Crippen LogP) is 0.646. The molecule has 0 aromatic rings. The Morgan fingerprint density at radius 2 is 2.09 bits per heavy atom. The van der Waals surface area contributed by atoms with Crippen LogP contribution in [-0.2, 0) is 28.6 Å². The third-order valence-corrected chi connectivity index (χ3v) is 6.22. The molecule has 0 bridgehead atoms. The minimum absolute atomic E-state index is 0.0270. The van der Waals surface area contributed by atoms with E-state index in [-0.39, 0.29) is 31.9 Å². The van der Waals surface area contributed by atoms with Crippen molar-refractivity contribution >= 4 is 23.9 Å². The molecule has 1 saturated carbocycles. The highest BCUT2D eigenvalue weighted by Gasteiger charge is 2.62. The van der Waals surface area contributed by atoms with Crippen molar-refractivity contribution in [2.24, 2.45) is 5.92 Å². The smallest absolute Gasteiger partial charge is 0.408 e. The zero-order valence-corrected chi connectivity index (χ0v) is 20.9. The minimum Gasteiger partial charge on any atom is -0.464 e. The second kappa shape index (κ2) is 10.9. The SMILES string of the molecule is CCOC(=O)[C@@]12C[C@@H]1/C=C\COCCC[C@H](NC(=O)OC(C)(C)C)C(=O)N1C[C@H](O)C[C@H]1C(=O)N2. The van der Waals surface area contributed by atoms with E-state index in [1.807, 2.05) is 6.08 Å². The summed E-state index contributed by atoms with van der Waals surface area (Å²) in [7, 11) is 0. The molecule has 3 aliphatic rings. The van der Waals surface area contributed by atoms with Crippen molar-refractivity contribution in [3.05, 3.63) is 12.2 Å². The van der Waals surface area contributed by atoms with Crippen molar-refractivity contribution in [3.8, 4) is 0 Å². The Hall–Kier alpha value is -2.66. The van der Waals surface area contributed by atoms with Crippen molar-refractivity contribution < 1.29 is 38.5 Å². The minimum atomic E-state index is -1.21. The van der Waals surface area contributed by atoms with Crippen molar-refractivity contribution in [3.63, 3.8) is 0 Å². The number of nitrogens with one attached hydrogen (secondary N) is 2. The Morgan fingerprint density at radius 3 is 2.77 bits per heavy atom. The summed E-state index contributed by atoms with van der Waals surface area (Å²) >= 11 is 0. The Kier molecular flexibility index (Phi) is 8.42. The lowest BCUT2D eigenvalue weighted by atomic mass is 10.1. The van der Waals surface area contributed by atoms with E-state index in [9.17, 15) is 24.3 Å². The van der Waals surface area contributed by atoms with Crippen LogP contribution in [0.2, 0.25) is 0 Å². The number of fused-ring (bicyclic) bond motifs is 2. The van der Waals surface area contributed by atoms with Crippen molar-refractivity contribution in [1.29, 1.82) is 0 Å². The highest BCUT2D eigenvalue weighted by Crippen LogP contribution is 2.46. The second-order valence-electron chi connectivity index (χ2n) is 10.2. The average Bonchev–Trinajstić information content (AvgIpc) is 3.30. The quantitative estimate of drug-likeness (QED) is 0.382. The second-order valence-corrected chi connectivity index (χ2v) is 10.2. The van der Waals surface area contributed by atoms with E-state index in [4.69, 9.17) is 14.2 Å². The van der Waals surface area contributed by atoms with Crippen LogP contribution in [0.5, 0.6) is 0 Å². The number of alkyl carbamates (subject to hydrolysis) is 1. The highest BCUT2D eigenvalue weighted by molar-refractivity contribution is 5.96. The molecule has 35 heavy (non-hydrogen) atoms. The van der Waals surface area contributed by atoms with E-state index in [1.165, 1.54) is 4.90 Å². The molecule has 2 heterocycles. The van der Waals surface area contributed by atoms with Gasteiger partial charge in [0.05, 0.1) is 19.3 Å². The molecule has 0 radical (unpaired) electrons. The summed E-state index contributed by atoms with van der Waals surface area (Å²) in [5.41, 5.74) is -1.96. The van der Waals surface area contributed by atoms with E-state index in [2.05, 4.69) is 10.6 Å². The first-order valence-corrected chi connectivity index (χ1v) is 12.2. The molecule has 11 nitrogen and oxygen atoms in total. The van der Waals surface area contributed by atoms with Crippen LogP contribution in [0.4, 0.5) is 4.79 Å². The summed E-state index contributed by atoms with van der Waals surface area (Å²) in [6.45, 7) is 7.60. The number of carbonyl (C=O) groups excluding carboxylic acids is 4. The fourth-order valence-electron chi connectivity index (χ4n) is 4.49. The highest BCUT2D eigenvalue weighted by atomic mass is 16.6. The maximum Gasteiger partial charge on any atom is 0.408 e. The van der Waals surface area contributed by atoms with Gasteiger partial charge in [0.15, 0.2) is 0 Å². The van der Waals surface area contributed by atoms with Crippen molar-refractivity contribution in [2.75, 3.05) is 26.4 Å². The first-order chi connectivity index (χ1) is 16.5. The maximum absolute atomic E-state index is 13.5. The van der Waals surface area contributed by atoms with Gasteiger partial charge in [-0.2, -0.15) is 0 Å². The average molecular weight is 496 g/mol. The first kappa shape index (κ1) is 26.9. The molecule has 3 rings (SSSR count). The molecule has 0 aromatic heterocycles. The first-order valence-electron chi connectivity index (χ1n) is 12.2. The van der Waals surface area contributed by atoms with Crippen molar-refractivity contribution in [2.45, 2.75) is 82.7 Å². The van der Waals surface area contributed by atoms with Gasteiger partial charge in [0.2, 0.25) is 11.8 Å². The van der Waals surface area contributed by atoms with E-state index in [0.29, 0.717) is 26.1 Å². The fraction of sp³-hybridized carbons (Fsp3) is 0.750. The Morgan fingerprint density at radius 1 is 1.34 bits per heavy atom. The standard InChI is InChI=1S/C24H37N3O8/c1-5-34-21(31)24-13-15(24)8-6-10-33-11-7-9-17(25-22(32)35-23(2,3)4)20(30)27-14-16(28)12-18(27)19(29)26-24/h6,8,15-18,28H,5,7,9-14H2,1-4H3,(H,25,32)(H,26,29)/b8-6-/t15-,16+,17-,18-,24+/m0/s1. The molecular formula is C24H37N3O8. The summed E-state index contributed by atoms with van der Waals surface area (Å²) in [6.07, 6.45) is 3.11. The number of esters is 1. The van der Waals surface area contributed by atoms with Crippen LogP contribution < -0.4 is 10.6 Å². The molecule has 5 atom stereocenters. The zero-order chi connectivity index (χ0) is 25.8. The molecule has 1 aliphatic carbocycles. The number of aliphatic hydroxyl groups excluding tert-OH is 1. The molecular weight excluding hydrogens is 458 g/mol. The van der Waals surface area contributed by atoms with Crippen LogP contribution in [0.1, 0.15) is 53.4 Å². The number of hydrogen-bond donors (Lipinski definition) is 3. The van der Waals surface area contributed by atoms with E-state index in [0.717, 1.165) is 0 Å². The number of aliphatic hydroxyl groups is 1. The topological polar surface area (TPSA) is 144 Å². The molecule has 2 fully saturated rings. The van der Waals surface area contributed by atoms with Crippen LogP contribution in [0.3, 0.4) is 0 Å². The molecule has 1 saturated heterocycles. The predicted molar refractivity (Wildman–Crippen MR) is 124 cm³/mol. The van der Waals surface area contributed by atoms with E-state index in [1.54, 1.807) is 33.8 Å². The molecule has 2 aliphatic heterocycles. The van der Waals surface area contributed by atoms with Crippen LogP contribution in [-0.4, -0.2) is 89.6 Å². The number of amides is 3. The van der Waals surface area contributed by atoms with Crippen molar-refractivity contribution in [1.82, 2.24) is 15.5 Å². The van der Waals surface area contributed by atoms with Gasteiger partial charge in [-0.05, 0) is 47.0 Å². The van der Waals surface area contributed by atoms with Gasteiger partial charge < -0.3 is 34.9 Å². The Labute approximate surface area is 205 Å². The fourth-order valence-corrected chi connectivity index (χ4v) is 4.49. The molecule has 0 spiro atoms. The number of nitrogens with zero attached hydrogens (tertiary/aromatic N) is 1. The van der Waals surface area contributed by atoms with Gasteiger partial charge in [0.25, 0.3) is 0 Å². The molecule has 0 unspecified atom stereocenters. The third-order valence-electron chi connectivity index (χ3n) is 6.22. The van der Waals surface area contributed by atoms with Gasteiger partial charge in [-0.15, -0.1) is 0 Å². The molecule has 3 N–H and O–H groups in total. The summed E-state index contributed by atoms with van der Waals surface area (Å²) in [4.78, 5) is 53.2. The third kappa shape index (κ3) is 6.72. The van der Waals surface area contributed by atoms with Crippen LogP contribution in [0.25, 0.3) is 0 Å². The number of carbonyl (C=O) groups is 4.